The molecule has 1 aromatic carbocycles. The van der Waals surface area contributed by atoms with E-state index in [1.165, 1.54) is 12.1 Å². The van der Waals surface area contributed by atoms with Gasteiger partial charge in [0.1, 0.15) is 17.2 Å². The molecule has 0 saturated carbocycles. The van der Waals surface area contributed by atoms with Gasteiger partial charge in [-0.25, -0.2) is 4.39 Å². The van der Waals surface area contributed by atoms with Crippen molar-refractivity contribution in [1.29, 1.82) is 0 Å². The van der Waals surface area contributed by atoms with E-state index in [0.717, 1.165) is 41.6 Å². The van der Waals surface area contributed by atoms with Gasteiger partial charge in [0.2, 0.25) is 0 Å². The molecule has 1 N–H and O–H groups in total. The first-order valence-corrected chi connectivity index (χ1v) is 6.64. The molecular formula is C16H20FNO. The normalized spacial score (nSPS) is 12.8. The first-order valence-electron chi connectivity index (χ1n) is 6.64. The second-order valence-corrected chi connectivity index (χ2v) is 4.79. The van der Waals surface area contributed by atoms with E-state index in [1.807, 2.05) is 20.0 Å². The van der Waals surface area contributed by atoms with E-state index >= 15 is 0 Å². The number of halogens is 1. The molecule has 0 radical (unpaired) electrons. The van der Waals surface area contributed by atoms with Crippen LogP contribution in [0.3, 0.4) is 0 Å². The molecule has 2 nitrogen and oxygen atoms in total. The van der Waals surface area contributed by atoms with Gasteiger partial charge in [-0.3, -0.25) is 0 Å². The van der Waals surface area contributed by atoms with Crippen molar-refractivity contribution in [3.05, 3.63) is 48.0 Å². The van der Waals surface area contributed by atoms with Crippen molar-refractivity contribution in [3.8, 4) is 0 Å². The summed E-state index contributed by atoms with van der Waals surface area (Å²) in [6.07, 6.45) is 4.95. The van der Waals surface area contributed by atoms with Crippen molar-refractivity contribution < 1.29 is 8.81 Å². The predicted molar refractivity (Wildman–Crippen MR) is 76.8 cm³/mol. The lowest BCUT2D eigenvalue weighted by atomic mass is 10.0. The topological polar surface area (TPSA) is 25.2 Å². The summed E-state index contributed by atoms with van der Waals surface area (Å²) in [5, 5.41) is 4.13. The van der Waals surface area contributed by atoms with Crippen LogP contribution in [0.2, 0.25) is 0 Å². The van der Waals surface area contributed by atoms with Crippen molar-refractivity contribution in [2.75, 3.05) is 7.05 Å². The fraction of sp³-hybridized carbons (Fsp3) is 0.375. The van der Waals surface area contributed by atoms with Gasteiger partial charge in [-0.2, -0.15) is 0 Å². The minimum atomic E-state index is -0.226. The summed E-state index contributed by atoms with van der Waals surface area (Å²) >= 11 is 0. The standard InChI is InChI=1S/C16H20FNO/c1-4-5-6-7-14(18-3)16-11(2)13-10-12(17)8-9-15(13)19-16/h4,8-10,14,18H,1,5-7H2,2-3H3. The zero-order valence-corrected chi connectivity index (χ0v) is 11.5. The molecule has 2 aromatic rings. The molecule has 0 saturated heterocycles. The summed E-state index contributed by atoms with van der Waals surface area (Å²) in [7, 11) is 1.92. The van der Waals surface area contributed by atoms with Gasteiger partial charge in [-0.15, -0.1) is 6.58 Å². The molecule has 0 amide bonds. The van der Waals surface area contributed by atoms with Crippen molar-refractivity contribution in [2.45, 2.75) is 32.2 Å². The first kappa shape index (κ1) is 13.8. The van der Waals surface area contributed by atoms with Crippen LogP contribution in [0.4, 0.5) is 4.39 Å². The molecule has 1 atom stereocenters. The number of hydrogen-bond acceptors (Lipinski definition) is 2. The third-order valence-corrected chi connectivity index (χ3v) is 3.50. The van der Waals surface area contributed by atoms with E-state index in [1.54, 1.807) is 6.07 Å². The van der Waals surface area contributed by atoms with Crippen LogP contribution in [0.25, 0.3) is 11.0 Å². The van der Waals surface area contributed by atoms with E-state index < -0.39 is 0 Å². The zero-order chi connectivity index (χ0) is 13.8. The molecule has 3 heteroatoms. The van der Waals surface area contributed by atoms with Gasteiger partial charge in [0.15, 0.2) is 0 Å². The SMILES string of the molecule is C=CCCCC(NC)c1oc2ccc(F)cc2c1C. The van der Waals surface area contributed by atoms with E-state index in [-0.39, 0.29) is 11.9 Å². The molecule has 0 aliphatic carbocycles. The molecule has 2 rings (SSSR count). The zero-order valence-electron chi connectivity index (χ0n) is 11.5. The maximum Gasteiger partial charge on any atom is 0.134 e. The Bertz CT molecular complexity index is 573. The Balaban J connectivity index is 2.32. The number of allylic oxidation sites excluding steroid dienone is 1. The van der Waals surface area contributed by atoms with Gasteiger partial charge in [-0.05, 0) is 51.4 Å². The molecule has 0 spiro atoms. The lowest BCUT2D eigenvalue weighted by Crippen LogP contribution is -2.16. The second kappa shape index (κ2) is 6.02. The molecular weight excluding hydrogens is 241 g/mol. The molecule has 102 valence electrons. The Kier molecular flexibility index (Phi) is 4.38. The van der Waals surface area contributed by atoms with E-state index in [0.29, 0.717) is 0 Å². The van der Waals surface area contributed by atoms with Crippen LogP contribution >= 0.6 is 0 Å². The number of rotatable bonds is 6. The van der Waals surface area contributed by atoms with E-state index in [9.17, 15) is 4.39 Å². The summed E-state index contributed by atoms with van der Waals surface area (Å²) < 4.78 is 19.2. The quantitative estimate of drug-likeness (QED) is 0.612. The lowest BCUT2D eigenvalue weighted by Gasteiger charge is -2.14. The highest BCUT2D eigenvalue weighted by atomic mass is 19.1. The van der Waals surface area contributed by atoms with Crippen LogP contribution in [0.1, 0.15) is 36.6 Å². The van der Waals surface area contributed by atoms with Crippen molar-refractivity contribution >= 4 is 11.0 Å². The van der Waals surface area contributed by atoms with Crippen LogP contribution in [0.5, 0.6) is 0 Å². The Labute approximate surface area is 113 Å². The third-order valence-electron chi connectivity index (χ3n) is 3.50. The monoisotopic (exact) mass is 261 g/mol. The molecule has 0 aliphatic rings. The van der Waals surface area contributed by atoms with Crippen LogP contribution in [0.15, 0.2) is 35.3 Å². The molecule has 0 bridgehead atoms. The minimum absolute atomic E-state index is 0.162. The van der Waals surface area contributed by atoms with Crippen LogP contribution in [0, 0.1) is 12.7 Å². The number of fused-ring (bicyclic) bond motifs is 1. The average molecular weight is 261 g/mol. The highest BCUT2D eigenvalue weighted by Crippen LogP contribution is 2.31. The van der Waals surface area contributed by atoms with Crippen molar-refractivity contribution in [2.24, 2.45) is 0 Å². The maximum atomic E-state index is 13.3. The second-order valence-electron chi connectivity index (χ2n) is 4.79. The predicted octanol–water partition coefficient (Wildman–Crippen LogP) is 4.50. The largest absolute Gasteiger partial charge is 0.459 e. The van der Waals surface area contributed by atoms with Crippen LogP contribution in [-0.4, -0.2) is 7.05 Å². The number of aryl methyl sites for hydroxylation is 1. The molecule has 0 aliphatic heterocycles. The third kappa shape index (κ3) is 2.87. The number of unbranched alkanes of at least 4 members (excludes halogenated alkanes) is 1. The summed E-state index contributed by atoms with van der Waals surface area (Å²) in [5.74, 6) is 0.683. The maximum absolute atomic E-state index is 13.3. The first-order chi connectivity index (χ1) is 9.17. The van der Waals surface area contributed by atoms with Gasteiger partial charge in [0, 0.05) is 10.9 Å². The number of nitrogens with one attached hydrogen (secondary N) is 1. The fourth-order valence-electron chi connectivity index (χ4n) is 2.42. The summed E-state index contributed by atoms with van der Waals surface area (Å²) in [6, 6.07) is 4.82. The summed E-state index contributed by atoms with van der Waals surface area (Å²) in [6.45, 7) is 5.72. The Morgan fingerprint density at radius 3 is 2.95 bits per heavy atom. The van der Waals surface area contributed by atoms with Gasteiger partial charge in [0.05, 0.1) is 6.04 Å². The molecule has 1 aromatic heterocycles. The smallest absolute Gasteiger partial charge is 0.134 e. The highest BCUT2D eigenvalue weighted by molar-refractivity contribution is 5.82. The van der Waals surface area contributed by atoms with Gasteiger partial charge in [0.25, 0.3) is 0 Å². The number of hydrogen-bond donors (Lipinski definition) is 1. The summed E-state index contributed by atoms with van der Waals surface area (Å²) in [4.78, 5) is 0. The minimum Gasteiger partial charge on any atom is -0.459 e. The molecule has 1 heterocycles. The van der Waals surface area contributed by atoms with Crippen LogP contribution < -0.4 is 5.32 Å². The lowest BCUT2D eigenvalue weighted by molar-refractivity contribution is 0.423. The molecule has 19 heavy (non-hydrogen) atoms. The number of benzene rings is 1. The summed E-state index contributed by atoms with van der Waals surface area (Å²) in [5.41, 5.74) is 1.77. The molecule has 0 fully saturated rings. The fourth-order valence-corrected chi connectivity index (χ4v) is 2.42. The Morgan fingerprint density at radius 2 is 2.26 bits per heavy atom. The Hall–Kier alpha value is -1.61. The van der Waals surface area contributed by atoms with Crippen molar-refractivity contribution in [1.82, 2.24) is 5.32 Å². The average Bonchev–Trinajstić information content (AvgIpc) is 2.72. The highest BCUT2D eigenvalue weighted by Gasteiger charge is 2.18. The van der Waals surface area contributed by atoms with Gasteiger partial charge < -0.3 is 9.73 Å². The number of furan rings is 1. The van der Waals surface area contributed by atoms with Crippen LogP contribution in [-0.2, 0) is 0 Å². The molecule has 1 unspecified atom stereocenters. The van der Waals surface area contributed by atoms with Gasteiger partial charge in [-0.1, -0.05) is 6.08 Å². The Morgan fingerprint density at radius 1 is 1.47 bits per heavy atom. The van der Waals surface area contributed by atoms with E-state index in [2.05, 4.69) is 11.9 Å². The van der Waals surface area contributed by atoms with E-state index in [4.69, 9.17) is 4.42 Å². The van der Waals surface area contributed by atoms with Crippen molar-refractivity contribution in [3.63, 3.8) is 0 Å². The van der Waals surface area contributed by atoms with Gasteiger partial charge >= 0.3 is 0 Å².